The van der Waals surface area contributed by atoms with Crippen LogP contribution in [0.25, 0.3) is 11.1 Å². The van der Waals surface area contributed by atoms with E-state index in [1.54, 1.807) is 42.6 Å². The molecular formula is C19H14ClN3O3S. The molecule has 136 valence electrons. The van der Waals surface area contributed by atoms with E-state index >= 15 is 0 Å². The fourth-order valence-corrected chi connectivity index (χ4v) is 3.66. The summed E-state index contributed by atoms with van der Waals surface area (Å²) in [6, 6.07) is 14.7. The smallest absolute Gasteiger partial charge is 0.261 e. The predicted octanol–water partition coefficient (Wildman–Crippen LogP) is 4.08. The van der Waals surface area contributed by atoms with E-state index in [2.05, 4.69) is 9.71 Å². The highest BCUT2D eigenvalue weighted by molar-refractivity contribution is 7.92. The molecule has 0 saturated heterocycles. The molecule has 0 bridgehead atoms. The average Bonchev–Trinajstić information content (AvgIpc) is 2.68. The molecule has 3 rings (SSSR count). The third-order valence-electron chi connectivity index (χ3n) is 3.78. The maximum atomic E-state index is 12.5. The summed E-state index contributed by atoms with van der Waals surface area (Å²) in [7, 11) is -2.26. The minimum Gasteiger partial charge on any atom is -0.497 e. The lowest BCUT2D eigenvalue weighted by molar-refractivity contribution is 0.414. The van der Waals surface area contributed by atoms with Gasteiger partial charge in [-0.2, -0.15) is 5.26 Å². The minimum atomic E-state index is -3.77. The number of pyridine rings is 1. The molecular weight excluding hydrogens is 386 g/mol. The van der Waals surface area contributed by atoms with E-state index in [1.807, 2.05) is 6.07 Å². The van der Waals surface area contributed by atoms with Gasteiger partial charge in [-0.3, -0.25) is 9.71 Å². The van der Waals surface area contributed by atoms with Crippen LogP contribution in [0.15, 0.2) is 65.8 Å². The number of benzene rings is 2. The molecule has 0 atom stereocenters. The monoisotopic (exact) mass is 399 g/mol. The molecule has 1 aromatic heterocycles. The quantitative estimate of drug-likeness (QED) is 0.697. The first kappa shape index (κ1) is 18.7. The van der Waals surface area contributed by atoms with Crippen molar-refractivity contribution in [3.8, 4) is 22.9 Å². The lowest BCUT2D eigenvalue weighted by atomic mass is 10.1. The number of halogens is 1. The number of nitrogens with zero attached hydrogens (tertiary/aromatic N) is 2. The Hall–Kier alpha value is -3.08. The number of methoxy groups -OCH3 is 1. The zero-order valence-electron chi connectivity index (χ0n) is 14.2. The van der Waals surface area contributed by atoms with Crippen LogP contribution in [0.4, 0.5) is 5.69 Å². The Morgan fingerprint density at radius 2 is 1.81 bits per heavy atom. The first-order chi connectivity index (χ1) is 12.9. The van der Waals surface area contributed by atoms with E-state index in [0.29, 0.717) is 27.6 Å². The third kappa shape index (κ3) is 4.19. The van der Waals surface area contributed by atoms with Gasteiger partial charge in [-0.25, -0.2) is 8.42 Å². The zero-order chi connectivity index (χ0) is 19.4. The Balaban J connectivity index is 1.89. The lowest BCUT2D eigenvalue weighted by Crippen LogP contribution is -2.13. The van der Waals surface area contributed by atoms with Crippen molar-refractivity contribution in [2.75, 3.05) is 11.8 Å². The van der Waals surface area contributed by atoms with Crippen LogP contribution in [0.5, 0.6) is 5.75 Å². The SMILES string of the molecule is COc1ccc(S(=O)(=O)Nc2cncc(-c3ccc(C#N)c(Cl)c3)c2)cc1. The largest absolute Gasteiger partial charge is 0.497 e. The zero-order valence-corrected chi connectivity index (χ0v) is 15.8. The Morgan fingerprint density at radius 1 is 1.07 bits per heavy atom. The van der Waals surface area contributed by atoms with Gasteiger partial charge in [0.1, 0.15) is 11.8 Å². The van der Waals surface area contributed by atoms with Crippen LogP contribution >= 0.6 is 11.6 Å². The molecule has 0 fully saturated rings. The van der Waals surface area contributed by atoms with Gasteiger partial charge in [0.2, 0.25) is 0 Å². The molecule has 0 aliphatic heterocycles. The molecule has 0 aliphatic carbocycles. The molecule has 2 aromatic carbocycles. The molecule has 0 unspecified atom stereocenters. The fraction of sp³-hybridized carbons (Fsp3) is 0.0526. The number of nitriles is 1. The maximum absolute atomic E-state index is 12.5. The molecule has 6 nitrogen and oxygen atoms in total. The summed E-state index contributed by atoms with van der Waals surface area (Å²) in [5, 5.41) is 9.28. The number of anilines is 1. The number of ether oxygens (including phenoxy) is 1. The van der Waals surface area contributed by atoms with Gasteiger partial charge in [-0.1, -0.05) is 17.7 Å². The Morgan fingerprint density at radius 3 is 2.44 bits per heavy atom. The molecule has 3 aromatic rings. The standard InChI is InChI=1S/C19H14ClN3O3S/c1-26-17-4-6-18(7-5-17)27(24,25)23-16-8-15(11-22-12-16)13-2-3-14(10-21)19(20)9-13/h2-9,11-12,23H,1H3. The molecule has 1 heterocycles. The van der Waals surface area contributed by atoms with Crippen LogP contribution in [0.1, 0.15) is 5.56 Å². The summed E-state index contributed by atoms with van der Waals surface area (Å²) in [4.78, 5) is 4.19. The van der Waals surface area contributed by atoms with Gasteiger partial charge in [0.15, 0.2) is 0 Å². The van der Waals surface area contributed by atoms with Crippen molar-refractivity contribution in [3.63, 3.8) is 0 Å². The number of hydrogen-bond acceptors (Lipinski definition) is 5. The third-order valence-corrected chi connectivity index (χ3v) is 5.49. The topological polar surface area (TPSA) is 92.1 Å². The van der Waals surface area contributed by atoms with Gasteiger partial charge in [-0.15, -0.1) is 0 Å². The van der Waals surface area contributed by atoms with E-state index in [9.17, 15) is 8.42 Å². The van der Waals surface area contributed by atoms with E-state index < -0.39 is 10.0 Å². The van der Waals surface area contributed by atoms with Crippen LogP contribution in [0, 0.1) is 11.3 Å². The van der Waals surface area contributed by atoms with Crippen LogP contribution in [-0.2, 0) is 10.0 Å². The molecule has 27 heavy (non-hydrogen) atoms. The van der Waals surface area contributed by atoms with Crippen LogP contribution < -0.4 is 9.46 Å². The highest BCUT2D eigenvalue weighted by Crippen LogP contribution is 2.27. The second kappa shape index (κ2) is 7.66. The van der Waals surface area contributed by atoms with Crippen molar-refractivity contribution < 1.29 is 13.2 Å². The molecule has 1 N–H and O–H groups in total. The van der Waals surface area contributed by atoms with Crippen LogP contribution in [0.2, 0.25) is 5.02 Å². The number of rotatable bonds is 5. The van der Waals surface area contributed by atoms with E-state index in [-0.39, 0.29) is 4.90 Å². The van der Waals surface area contributed by atoms with Gasteiger partial charge in [0.25, 0.3) is 10.0 Å². The summed E-state index contributed by atoms with van der Waals surface area (Å²) in [6.07, 6.45) is 3.00. The van der Waals surface area contributed by atoms with E-state index in [0.717, 1.165) is 5.56 Å². The summed E-state index contributed by atoms with van der Waals surface area (Å²) in [5.41, 5.74) is 2.06. The van der Waals surface area contributed by atoms with Crippen molar-refractivity contribution in [2.24, 2.45) is 0 Å². The van der Waals surface area contributed by atoms with Gasteiger partial charge in [-0.05, 0) is 48.0 Å². The number of aromatic nitrogens is 1. The first-order valence-electron chi connectivity index (χ1n) is 7.75. The first-order valence-corrected chi connectivity index (χ1v) is 9.61. The Kier molecular flexibility index (Phi) is 5.31. The van der Waals surface area contributed by atoms with Crippen molar-refractivity contribution in [1.82, 2.24) is 4.98 Å². The molecule has 0 radical (unpaired) electrons. The molecule has 0 amide bonds. The second-order valence-corrected chi connectivity index (χ2v) is 7.64. The Labute approximate surface area is 162 Å². The second-order valence-electron chi connectivity index (χ2n) is 5.55. The lowest BCUT2D eigenvalue weighted by Gasteiger charge is -2.10. The number of hydrogen-bond donors (Lipinski definition) is 1. The average molecular weight is 400 g/mol. The summed E-state index contributed by atoms with van der Waals surface area (Å²) in [5.74, 6) is 0.565. The van der Waals surface area contributed by atoms with E-state index in [1.165, 1.54) is 25.4 Å². The minimum absolute atomic E-state index is 0.107. The predicted molar refractivity (Wildman–Crippen MR) is 103 cm³/mol. The van der Waals surface area contributed by atoms with Crippen molar-refractivity contribution in [2.45, 2.75) is 4.90 Å². The van der Waals surface area contributed by atoms with Crippen LogP contribution in [0.3, 0.4) is 0 Å². The van der Waals surface area contributed by atoms with Crippen molar-refractivity contribution in [3.05, 3.63) is 71.5 Å². The van der Waals surface area contributed by atoms with Gasteiger partial charge in [0.05, 0.1) is 34.5 Å². The maximum Gasteiger partial charge on any atom is 0.261 e. The van der Waals surface area contributed by atoms with Gasteiger partial charge < -0.3 is 4.74 Å². The summed E-state index contributed by atoms with van der Waals surface area (Å²) < 4.78 is 32.6. The van der Waals surface area contributed by atoms with Crippen LogP contribution in [-0.4, -0.2) is 20.5 Å². The molecule has 0 aliphatic rings. The normalized spacial score (nSPS) is 10.9. The number of sulfonamides is 1. The van der Waals surface area contributed by atoms with Gasteiger partial charge >= 0.3 is 0 Å². The molecule has 0 saturated carbocycles. The van der Waals surface area contributed by atoms with Crippen molar-refractivity contribution in [1.29, 1.82) is 5.26 Å². The summed E-state index contributed by atoms with van der Waals surface area (Å²) in [6.45, 7) is 0. The van der Waals surface area contributed by atoms with Crippen molar-refractivity contribution >= 4 is 27.3 Å². The van der Waals surface area contributed by atoms with E-state index in [4.69, 9.17) is 21.6 Å². The molecule has 0 spiro atoms. The number of nitrogens with one attached hydrogen (secondary N) is 1. The molecule has 8 heteroatoms. The fourth-order valence-electron chi connectivity index (χ4n) is 2.41. The highest BCUT2D eigenvalue weighted by Gasteiger charge is 2.15. The highest BCUT2D eigenvalue weighted by atomic mass is 35.5. The Bertz CT molecular complexity index is 1120. The summed E-state index contributed by atoms with van der Waals surface area (Å²) >= 11 is 6.07. The van der Waals surface area contributed by atoms with Gasteiger partial charge in [0, 0.05) is 11.8 Å².